The van der Waals surface area contributed by atoms with Crippen LogP contribution in [-0.2, 0) is 22.1 Å². The maximum absolute atomic E-state index is 12.7. The number of aryl methyl sites for hydroxylation is 1. The number of anilines is 1. The van der Waals surface area contributed by atoms with Gasteiger partial charge in [-0.1, -0.05) is 6.07 Å². The first-order valence-corrected chi connectivity index (χ1v) is 5.45. The molecule has 0 amide bonds. The highest BCUT2D eigenvalue weighted by atomic mass is 19.4. The minimum absolute atomic E-state index is 0.0199. The first-order valence-electron chi connectivity index (χ1n) is 5.45. The average molecular weight is 261 g/mol. The molecule has 0 spiro atoms. The van der Waals surface area contributed by atoms with Gasteiger partial charge in [0.25, 0.3) is 0 Å². The zero-order valence-electron chi connectivity index (χ0n) is 9.88. The van der Waals surface area contributed by atoms with Gasteiger partial charge in [-0.05, 0) is 31.0 Å². The largest absolute Gasteiger partial charge is 0.466 e. The van der Waals surface area contributed by atoms with E-state index in [0.717, 1.165) is 6.07 Å². The summed E-state index contributed by atoms with van der Waals surface area (Å²) >= 11 is 0. The van der Waals surface area contributed by atoms with Crippen LogP contribution in [0.5, 0.6) is 0 Å². The van der Waals surface area contributed by atoms with Crippen molar-refractivity contribution in [2.24, 2.45) is 0 Å². The van der Waals surface area contributed by atoms with Crippen molar-refractivity contribution in [1.82, 2.24) is 0 Å². The Kier molecular flexibility index (Phi) is 4.58. The quantitative estimate of drug-likeness (QED) is 0.669. The van der Waals surface area contributed by atoms with Crippen LogP contribution < -0.4 is 5.73 Å². The lowest BCUT2D eigenvalue weighted by molar-refractivity contribution is -0.144. The third kappa shape index (κ3) is 3.94. The van der Waals surface area contributed by atoms with Crippen LogP contribution in [0.4, 0.5) is 18.9 Å². The van der Waals surface area contributed by atoms with Gasteiger partial charge >= 0.3 is 12.1 Å². The molecule has 0 fully saturated rings. The Bertz CT molecular complexity index is 430. The molecular weight excluding hydrogens is 247 g/mol. The second-order valence-electron chi connectivity index (χ2n) is 3.72. The molecule has 100 valence electrons. The van der Waals surface area contributed by atoms with Gasteiger partial charge in [-0.2, -0.15) is 13.2 Å². The normalized spacial score (nSPS) is 11.3. The standard InChI is InChI=1S/C12H14F3NO2/c1-2-18-11(17)6-4-8-3-5-9(16)7-10(8)12(13,14)15/h3,5,7H,2,4,6,16H2,1H3. The van der Waals surface area contributed by atoms with Gasteiger partial charge in [-0.3, -0.25) is 4.79 Å². The summed E-state index contributed by atoms with van der Waals surface area (Å²) in [5, 5.41) is 0. The first-order chi connectivity index (χ1) is 8.34. The Labute approximate surface area is 103 Å². The van der Waals surface area contributed by atoms with Crippen LogP contribution in [0.2, 0.25) is 0 Å². The summed E-state index contributed by atoms with van der Waals surface area (Å²) < 4.78 is 42.9. The highest BCUT2D eigenvalue weighted by molar-refractivity contribution is 5.69. The molecule has 1 rings (SSSR count). The second-order valence-corrected chi connectivity index (χ2v) is 3.72. The fourth-order valence-electron chi connectivity index (χ4n) is 1.55. The van der Waals surface area contributed by atoms with E-state index in [0.29, 0.717) is 0 Å². The Morgan fingerprint density at radius 3 is 2.61 bits per heavy atom. The number of hydrogen-bond donors (Lipinski definition) is 1. The van der Waals surface area contributed by atoms with Crippen LogP contribution in [0.3, 0.4) is 0 Å². The van der Waals surface area contributed by atoms with Gasteiger partial charge in [0.05, 0.1) is 12.2 Å². The summed E-state index contributed by atoms with van der Waals surface area (Å²) in [4.78, 5) is 11.1. The highest BCUT2D eigenvalue weighted by Crippen LogP contribution is 2.33. The highest BCUT2D eigenvalue weighted by Gasteiger charge is 2.33. The molecule has 1 aromatic carbocycles. The molecule has 3 nitrogen and oxygen atoms in total. The SMILES string of the molecule is CCOC(=O)CCc1ccc(N)cc1C(F)(F)F. The fourth-order valence-corrected chi connectivity index (χ4v) is 1.55. The Balaban J connectivity index is 2.85. The van der Waals surface area contributed by atoms with E-state index in [-0.39, 0.29) is 30.7 Å². The molecule has 0 unspecified atom stereocenters. The Hall–Kier alpha value is -1.72. The predicted octanol–water partition coefficient (Wildman–Crippen LogP) is 2.78. The lowest BCUT2D eigenvalue weighted by Crippen LogP contribution is -2.12. The molecular formula is C12H14F3NO2. The van der Waals surface area contributed by atoms with Crippen molar-refractivity contribution < 1.29 is 22.7 Å². The monoisotopic (exact) mass is 261 g/mol. The van der Waals surface area contributed by atoms with Crippen molar-refractivity contribution in [3.05, 3.63) is 29.3 Å². The van der Waals surface area contributed by atoms with Gasteiger partial charge in [-0.15, -0.1) is 0 Å². The van der Waals surface area contributed by atoms with Crippen molar-refractivity contribution in [2.45, 2.75) is 25.9 Å². The Morgan fingerprint density at radius 2 is 2.06 bits per heavy atom. The zero-order valence-corrected chi connectivity index (χ0v) is 9.88. The van der Waals surface area contributed by atoms with Gasteiger partial charge in [-0.25, -0.2) is 0 Å². The summed E-state index contributed by atoms with van der Waals surface area (Å²) in [6, 6.07) is 3.55. The number of hydrogen-bond acceptors (Lipinski definition) is 3. The molecule has 2 N–H and O–H groups in total. The predicted molar refractivity (Wildman–Crippen MR) is 60.8 cm³/mol. The average Bonchev–Trinajstić information content (AvgIpc) is 2.26. The number of carbonyl (C=O) groups is 1. The van der Waals surface area contributed by atoms with E-state index >= 15 is 0 Å². The van der Waals surface area contributed by atoms with Crippen LogP contribution in [0.25, 0.3) is 0 Å². The lowest BCUT2D eigenvalue weighted by Gasteiger charge is -2.13. The third-order valence-electron chi connectivity index (χ3n) is 2.34. The molecule has 1 aromatic rings. The molecule has 0 radical (unpaired) electrons. The number of esters is 1. The number of rotatable bonds is 4. The molecule has 0 atom stereocenters. The zero-order chi connectivity index (χ0) is 13.8. The van der Waals surface area contributed by atoms with E-state index in [2.05, 4.69) is 4.74 Å². The van der Waals surface area contributed by atoms with Crippen LogP contribution in [0.15, 0.2) is 18.2 Å². The summed E-state index contributed by atoms with van der Waals surface area (Å²) in [6.07, 6.45) is -4.58. The minimum Gasteiger partial charge on any atom is -0.466 e. The van der Waals surface area contributed by atoms with E-state index in [1.807, 2.05) is 0 Å². The van der Waals surface area contributed by atoms with Crippen molar-refractivity contribution in [3.63, 3.8) is 0 Å². The lowest BCUT2D eigenvalue weighted by atomic mass is 10.0. The van der Waals surface area contributed by atoms with E-state index in [1.54, 1.807) is 6.92 Å². The van der Waals surface area contributed by atoms with Gasteiger partial charge in [0.1, 0.15) is 0 Å². The molecule has 18 heavy (non-hydrogen) atoms. The van der Waals surface area contributed by atoms with Crippen molar-refractivity contribution in [2.75, 3.05) is 12.3 Å². The maximum Gasteiger partial charge on any atom is 0.416 e. The summed E-state index contributed by atoms with van der Waals surface area (Å²) in [5.74, 6) is -0.512. The van der Waals surface area contributed by atoms with E-state index in [9.17, 15) is 18.0 Å². The number of carbonyl (C=O) groups excluding carboxylic acids is 1. The van der Waals surface area contributed by atoms with Crippen molar-refractivity contribution in [1.29, 1.82) is 0 Å². The minimum atomic E-state index is -4.47. The summed E-state index contributed by atoms with van der Waals surface area (Å²) in [5.41, 5.74) is 4.63. The molecule has 0 aliphatic heterocycles. The molecule has 0 aliphatic carbocycles. The van der Waals surface area contributed by atoms with Crippen LogP contribution in [0.1, 0.15) is 24.5 Å². The van der Waals surface area contributed by atoms with E-state index in [4.69, 9.17) is 5.73 Å². The molecule has 0 aromatic heterocycles. The topological polar surface area (TPSA) is 52.3 Å². The smallest absolute Gasteiger partial charge is 0.416 e. The van der Waals surface area contributed by atoms with Gasteiger partial charge in [0.2, 0.25) is 0 Å². The molecule has 0 bridgehead atoms. The summed E-state index contributed by atoms with van der Waals surface area (Å²) in [7, 11) is 0. The van der Waals surface area contributed by atoms with Crippen LogP contribution >= 0.6 is 0 Å². The molecule has 0 aliphatic rings. The van der Waals surface area contributed by atoms with E-state index < -0.39 is 17.7 Å². The number of benzene rings is 1. The maximum atomic E-state index is 12.7. The molecule has 6 heteroatoms. The van der Waals surface area contributed by atoms with Gasteiger partial charge in [0.15, 0.2) is 0 Å². The number of nitrogens with two attached hydrogens (primary N) is 1. The van der Waals surface area contributed by atoms with Crippen molar-refractivity contribution in [3.8, 4) is 0 Å². The second kappa shape index (κ2) is 5.75. The number of halogens is 3. The number of nitrogen functional groups attached to an aromatic ring is 1. The Morgan fingerprint density at radius 1 is 1.39 bits per heavy atom. The molecule has 0 heterocycles. The van der Waals surface area contributed by atoms with Crippen molar-refractivity contribution >= 4 is 11.7 Å². The van der Waals surface area contributed by atoms with Gasteiger partial charge in [0, 0.05) is 12.1 Å². The number of alkyl halides is 3. The first kappa shape index (κ1) is 14.3. The fraction of sp³-hybridized carbons (Fsp3) is 0.417. The van der Waals surface area contributed by atoms with Crippen LogP contribution in [0, 0.1) is 0 Å². The van der Waals surface area contributed by atoms with E-state index in [1.165, 1.54) is 12.1 Å². The van der Waals surface area contributed by atoms with Crippen LogP contribution in [-0.4, -0.2) is 12.6 Å². The molecule has 0 saturated heterocycles. The summed E-state index contributed by atoms with van der Waals surface area (Å²) in [6.45, 7) is 1.86. The van der Waals surface area contributed by atoms with Gasteiger partial charge < -0.3 is 10.5 Å². The molecule has 0 saturated carbocycles. The third-order valence-corrected chi connectivity index (χ3v) is 2.34. The number of ether oxygens (including phenoxy) is 1.